The summed E-state index contributed by atoms with van der Waals surface area (Å²) in [7, 11) is 0. The summed E-state index contributed by atoms with van der Waals surface area (Å²) >= 11 is 0. The Morgan fingerprint density at radius 1 is 1.37 bits per heavy atom. The number of benzene rings is 1. The maximum Gasteiger partial charge on any atom is 0.232 e. The fraction of sp³-hybridized carbons (Fsp3) is 0.333. The van der Waals surface area contributed by atoms with Crippen molar-refractivity contribution >= 4 is 11.6 Å². The fourth-order valence-corrected chi connectivity index (χ4v) is 2.03. The van der Waals surface area contributed by atoms with Crippen LogP contribution in [0.5, 0.6) is 0 Å². The molecule has 100 valence electrons. The lowest BCUT2D eigenvalue weighted by molar-refractivity contribution is -0.115. The lowest BCUT2D eigenvalue weighted by atomic mass is 10.1. The van der Waals surface area contributed by atoms with E-state index in [0.717, 1.165) is 28.9 Å². The maximum atomic E-state index is 12.1. The molecule has 0 saturated carbocycles. The first-order valence-corrected chi connectivity index (χ1v) is 6.39. The minimum Gasteiger partial charge on any atom is -0.448 e. The van der Waals surface area contributed by atoms with E-state index in [-0.39, 0.29) is 12.3 Å². The summed E-state index contributed by atoms with van der Waals surface area (Å²) in [5.41, 5.74) is 3.88. The van der Waals surface area contributed by atoms with Crippen LogP contribution in [0.15, 0.2) is 29.0 Å². The molecule has 0 aliphatic heterocycles. The van der Waals surface area contributed by atoms with Crippen molar-refractivity contribution in [2.75, 3.05) is 5.32 Å². The van der Waals surface area contributed by atoms with Gasteiger partial charge in [0.2, 0.25) is 5.91 Å². The predicted octanol–water partition coefficient (Wildman–Crippen LogP) is 3.04. The zero-order valence-electron chi connectivity index (χ0n) is 11.5. The lowest BCUT2D eigenvalue weighted by Crippen LogP contribution is -2.16. The highest BCUT2D eigenvalue weighted by Gasteiger charge is 2.12. The van der Waals surface area contributed by atoms with Crippen LogP contribution in [0.1, 0.15) is 29.5 Å². The van der Waals surface area contributed by atoms with Gasteiger partial charge in [0.1, 0.15) is 5.76 Å². The third kappa shape index (κ3) is 3.02. The number of aromatic nitrogens is 1. The minimum absolute atomic E-state index is 0.0798. The average molecular weight is 258 g/mol. The van der Waals surface area contributed by atoms with E-state index in [0.29, 0.717) is 5.76 Å². The van der Waals surface area contributed by atoms with Crippen LogP contribution in [0.4, 0.5) is 5.69 Å². The van der Waals surface area contributed by atoms with Crippen LogP contribution in [0.25, 0.3) is 0 Å². The van der Waals surface area contributed by atoms with Crippen LogP contribution in [0.3, 0.4) is 0 Å². The molecule has 0 fully saturated rings. The molecule has 0 radical (unpaired) electrons. The van der Waals surface area contributed by atoms with Crippen LogP contribution < -0.4 is 5.32 Å². The topological polar surface area (TPSA) is 55.1 Å². The molecule has 1 amide bonds. The summed E-state index contributed by atoms with van der Waals surface area (Å²) in [5, 5.41) is 2.97. The Morgan fingerprint density at radius 3 is 2.79 bits per heavy atom. The van der Waals surface area contributed by atoms with Gasteiger partial charge in [0.25, 0.3) is 0 Å². The number of amides is 1. The molecule has 0 saturated heterocycles. The van der Waals surface area contributed by atoms with Gasteiger partial charge in [-0.05, 0) is 31.4 Å². The van der Waals surface area contributed by atoms with Crippen molar-refractivity contribution in [3.05, 3.63) is 47.2 Å². The van der Waals surface area contributed by atoms with Crippen LogP contribution in [-0.4, -0.2) is 10.9 Å². The average Bonchev–Trinajstić information content (AvgIpc) is 2.77. The standard InChI is InChI=1S/C15H18N2O2/c1-4-12-7-5-6-10(2)15(12)17-14(18)8-13-11(3)16-9-19-13/h5-7,9H,4,8H2,1-3H3,(H,17,18). The van der Waals surface area contributed by atoms with Gasteiger partial charge in [0.05, 0.1) is 12.1 Å². The molecule has 1 heterocycles. The lowest BCUT2D eigenvalue weighted by Gasteiger charge is -2.12. The second-order valence-electron chi connectivity index (χ2n) is 4.55. The Hall–Kier alpha value is -2.10. The number of oxazole rings is 1. The number of aryl methyl sites for hydroxylation is 3. The van der Waals surface area contributed by atoms with Gasteiger partial charge in [-0.1, -0.05) is 25.1 Å². The number of hydrogen-bond acceptors (Lipinski definition) is 3. The first kappa shape index (κ1) is 13.3. The van der Waals surface area contributed by atoms with E-state index in [4.69, 9.17) is 4.42 Å². The van der Waals surface area contributed by atoms with Crippen molar-refractivity contribution in [3.8, 4) is 0 Å². The Kier molecular flexibility index (Phi) is 4.00. The largest absolute Gasteiger partial charge is 0.448 e. The summed E-state index contributed by atoms with van der Waals surface area (Å²) in [5.74, 6) is 0.535. The minimum atomic E-state index is -0.0798. The van der Waals surface area contributed by atoms with Gasteiger partial charge < -0.3 is 9.73 Å². The zero-order valence-corrected chi connectivity index (χ0v) is 11.5. The molecule has 4 nitrogen and oxygen atoms in total. The SMILES string of the molecule is CCc1cccc(C)c1NC(=O)Cc1ocnc1C. The van der Waals surface area contributed by atoms with E-state index < -0.39 is 0 Å². The van der Waals surface area contributed by atoms with Crippen molar-refractivity contribution in [2.24, 2.45) is 0 Å². The van der Waals surface area contributed by atoms with Crippen molar-refractivity contribution < 1.29 is 9.21 Å². The second-order valence-corrected chi connectivity index (χ2v) is 4.55. The molecule has 2 aromatic rings. The van der Waals surface area contributed by atoms with Crippen LogP contribution in [0.2, 0.25) is 0 Å². The number of carbonyl (C=O) groups excluding carboxylic acids is 1. The summed E-state index contributed by atoms with van der Waals surface area (Å²) < 4.78 is 5.19. The number of hydrogen-bond donors (Lipinski definition) is 1. The molecule has 0 aliphatic carbocycles. The molecular formula is C15H18N2O2. The van der Waals surface area contributed by atoms with E-state index in [1.807, 2.05) is 32.0 Å². The number of nitrogens with one attached hydrogen (secondary N) is 1. The molecule has 0 bridgehead atoms. The Balaban J connectivity index is 2.13. The summed E-state index contributed by atoms with van der Waals surface area (Å²) in [6.45, 7) is 5.90. The number of para-hydroxylation sites is 1. The number of anilines is 1. The van der Waals surface area contributed by atoms with Crippen LogP contribution in [-0.2, 0) is 17.6 Å². The number of nitrogens with zero attached hydrogens (tertiary/aromatic N) is 1. The molecule has 1 aromatic carbocycles. The van der Waals surface area contributed by atoms with E-state index in [1.165, 1.54) is 6.39 Å². The van der Waals surface area contributed by atoms with Crippen LogP contribution >= 0.6 is 0 Å². The van der Waals surface area contributed by atoms with Crippen molar-refractivity contribution in [3.63, 3.8) is 0 Å². The van der Waals surface area contributed by atoms with Gasteiger partial charge in [-0.15, -0.1) is 0 Å². The molecule has 1 N–H and O–H groups in total. The van der Waals surface area contributed by atoms with E-state index >= 15 is 0 Å². The molecular weight excluding hydrogens is 240 g/mol. The van der Waals surface area contributed by atoms with Gasteiger partial charge in [-0.25, -0.2) is 4.98 Å². The van der Waals surface area contributed by atoms with Gasteiger partial charge in [0, 0.05) is 5.69 Å². The normalized spacial score (nSPS) is 10.5. The Morgan fingerprint density at radius 2 is 2.16 bits per heavy atom. The van der Waals surface area contributed by atoms with Gasteiger partial charge >= 0.3 is 0 Å². The van der Waals surface area contributed by atoms with Crippen LogP contribution in [0, 0.1) is 13.8 Å². The van der Waals surface area contributed by atoms with Crippen molar-refractivity contribution in [1.29, 1.82) is 0 Å². The Labute approximate surface area is 112 Å². The van der Waals surface area contributed by atoms with E-state index in [2.05, 4.69) is 17.2 Å². The second kappa shape index (κ2) is 5.69. The monoisotopic (exact) mass is 258 g/mol. The summed E-state index contributed by atoms with van der Waals surface area (Å²) in [6, 6.07) is 6.03. The molecule has 4 heteroatoms. The highest BCUT2D eigenvalue weighted by atomic mass is 16.3. The first-order chi connectivity index (χ1) is 9.11. The predicted molar refractivity (Wildman–Crippen MR) is 74.1 cm³/mol. The van der Waals surface area contributed by atoms with Gasteiger partial charge in [0.15, 0.2) is 6.39 Å². The molecule has 19 heavy (non-hydrogen) atoms. The van der Waals surface area contributed by atoms with Crippen molar-refractivity contribution in [2.45, 2.75) is 33.6 Å². The van der Waals surface area contributed by atoms with E-state index in [1.54, 1.807) is 0 Å². The highest BCUT2D eigenvalue weighted by molar-refractivity contribution is 5.93. The quantitative estimate of drug-likeness (QED) is 0.917. The Bertz CT molecular complexity index is 588. The zero-order chi connectivity index (χ0) is 13.8. The first-order valence-electron chi connectivity index (χ1n) is 6.39. The van der Waals surface area contributed by atoms with Crippen molar-refractivity contribution in [1.82, 2.24) is 4.98 Å². The number of carbonyl (C=O) groups is 1. The van der Waals surface area contributed by atoms with Gasteiger partial charge in [-0.3, -0.25) is 4.79 Å². The molecule has 1 aromatic heterocycles. The number of rotatable bonds is 4. The van der Waals surface area contributed by atoms with Gasteiger partial charge in [-0.2, -0.15) is 0 Å². The fourth-order valence-electron chi connectivity index (χ4n) is 2.03. The van der Waals surface area contributed by atoms with E-state index in [9.17, 15) is 4.79 Å². The third-order valence-corrected chi connectivity index (χ3v) is 3.17. The maximum absolute atomic E-state index is 12.1. The summed E-state index contributed by atoms with van der Waals surface area (Å²) in [4.78, 5) is 16.0. The molecule has 0 aliphatic rings. The molecule has 0 atom stereocenters. The smallest absolute Gasteiger partial charge is 0.232 e. The summed E-state index contributed by atoms with van der Waals surface area (Å²) in [6.07, 6.45) is 2.46. The molecule has 0 spiro atoms. The molecule has 0 unspecified atom stereocenters. The third-order valence-electron chi connectivity index (χ3n) is 3.17. The highest BCUT2D eigenvalue weighted by Crippen LogP contribution is 2.21. The molecule has 2 rings (SSSR count).